The number of carbonyl (C=O) groups excluding carboxylic acids is 1. The summed E-state index contributed by atoms with van der Waals surface area (Å²) in [6.45, 7) is 5.54. The number of benzene rings is 3. The predicted molar refractivity (Wildman–Crippen MR) is 120 cm³/mol. The van der Waals surface area contributed by atoms with Crippen molar-refractivity contribution in [1.29, 1.82) is 0 Å². The Bertz CT molecular complexity index is 936. The predicted octanol–water partition coefficient (Wildman–Crippen LogP) is 3.13. The SMILES string of the molecule is C[C@H](NC(=O)c1ccc(-c2ccccc2)cc1)[C@H](c1ccccc1)[NH+]1CCOCC1. The first kappa shape index (κ1) is 20.3. The van der Waals surface area contributed by atoms with Crippen LogP contribution in [0, 0.1) is 0 Å². The van der Waals surface area contributed by atoms with Crippen LogP contribution in [-0.4, -0.2) is 38.3 Å². The fourth-order valence-electron chi connectivity index (χ4n) is 4.30. The Morgan fingerprint density at radius 3 is 2.03 bits per heavy atom. The quantitative estimate of drug-likeness (QED) is 0.667. The first-order chi connectivity index (χ1) is 14.7. The van der Waals surface area contributed by atoms with Crippen molar-refractivity contribution in [1.82, 2.24) is 5.32 Å². The Hall–Kier alpha value is -2.95. The van der Waals surface area contributed by atoms with Crippen molar-refractivity contribution in [3.05, 3.63) is 96.1 Å². The van der Waals surface area contributed by atoms with Gasteiger partial charge in [0.25, 0.3) is 5.91 Å². The van der Waals surface area contributed by atoms with Gasteiger partial charge in [-0.3, -0.25) is 4.79 Å². The number of nitrogens with one attached hydrogen (secondary N) is 2. The lowest BCUT2D eigenvalue weighted by molar-refractivity contribution is -0.940. The fraction of sp³-hybridized carbons (Fsp3) is 0.269. The molecule has 4 heteroatoms. The molecule has 0 bridgehead atoms. The Balaban J connectivity index is 1.49. The summed E-state index contributed by atoms with van der Waals surface area (Å²) in [5, 5.41) is 3.25. The molecular formula is C26H29N2O2+. The highest BCUT2D eigenvalue weighted by molar-refractivity contribution is 5.94. The summed E-state index contributed by atoms with van der Waals surface area (Å²) in [4.78, 5) is 14.4. The van der Waals surface area contributed by atoms with Crippen LogP contribution in [0.4, 0.5) is 0 Å². The van der Waals surface area contributed by atoms with Crippen LogP contribution >= 0.6 is 0 Å². The minimum Gasteiger partial charge on any atom is -0.370 e. The highest BCUT2D eigenvalue weighted by Gasteiger charge is 2.32. The molecule has 0 unspecified atom stereocenters. The van der Waals surface area contributed by atoms with Crippen LogP contribution in [0.3, 0.4) is 0 Å². The molecule has 0 saturated carbocycles. The van der Waals surface area contributed by atoms with E-state index in [1.54, 1.807) is 0 Å². The molecule has 0 spiro atoms. The lowest BCUT2D eigenvalue weighted by atomic mass is 9.97. The van der Waals surface area contributed by atoms with E-state index in [0.717, 1.165) is 37.4 Å². The van der Waals surface area contributed by atoms with Gasteiger partial charge in [-0.1, -0.05) is 72.8 Å². The number of quaternary nitrogens is 1. The van der Waals surface area contributed by atoms with Crippen LogP contribution in [0.25, 0.3) is 11.1 Å². The van der Waals surface area contributed by atoms with E-state index in [1.165, 1.54) is 10.5 Å². The molecule has 3 aromatic rings. The van der Waals surface area contributed by atoms with E-state index in [0.29, 0.717) is 5.56 Å². The summed E-state index contributed by atoms with van der Waals surface area (Å²) in [7, 11) is 0. The first-order valence-electron chi connectivity index (χ1n) is 10.7. The number of carbonyl (C=O) groups is 1. The molecule has 2 atom stereocenters. The van der Waals surface area contributed by atoms with Gasteiger partial charge in [-0.25, -0.2) is 0 Å². The molecule has 0 aliphatic carbocycles. The molecule has 4 rings (SSSR count). The Labute approximate surface area is 178 Å². The topological polar surface area (TPSA) is 42.8 Å². The van der Waals surface area contributed by atoms with E-state index in [1.807, 2.05) is 48.5 Å². The fourth-order valence-corrected chi connectivity index (χ4v) is 4.30. The second kappa shape index (κ2) is 9.70. The molecule has 1 fully saturated rings. The van der Waals surface area contributed by atoms with Crippen molar-refractivity contribution >= 4 is 5.91 Å². The number of hydrogen-bond donors (Lipinski definition) is 2. The van der Waals surface area contributed by atoms with Crippen molar-refractivity contribution in [2.45, 2.75) is 19.0 Å². The molecule has 30 heavy (non-hydrogen) atoms. The van der Waals surface area contributed by atoms with Gasteiger partial charge in [0.2, 0.25) is 0 Å². The monoisotopic (exact) mass is 401 g/mol. The van der Waals surface area contributed by atoms with Gasteiger partial charge in [0.1, 0.15) is 19.1 Å². The average molecular weight is 402 g/mol. The van der Waals surface area contributed by atoms with E-state index in [-0.39, 0.29) is 18.0 Å². The molecule has 3 aromatic carbocycles. The van der Waals surface area contributed by atoms with Gasteiger partial charge in [-0.05, 0) is 30.2 Å². The minimum absolute atomic E-state index is 0.00167. The highest BCUT2D eigenvalue weighted by atomic mass is 16.5. The average Bonchev–Trinajstić information content (AvgIpc) is 2.81. The van der Waals surface area contributed by atoms with Crippen molar-refractivity contribution in [3.63, 3.8) is 0 Å². The molecule has 1 heterocycles. The zero-order valence-corrected chi connectivity index (χ0v) is 17.4. The third kappa shape index (κ3) is 4.78. The van der Waals surface area contributed by atoms with Crippen molar-refractivity contribution in [3.8, 4) is 11.1 Å². The van der Waals surface area contributed by atoms with Gasteiger partial charge >= 0.3 is 0 Å². The number of hydrogen-bond acceptors (Lipinski definition) is 2. The maximum absolute atomic E-state index is 13.0. The molecule has 0 aromatic heterocycles. The third-order valence-corrected chi connectivity index (χ3v) is 5.85. The molecule has 1 aliphatic heterocycles. The van der Waals surface area contributed by atoms with Crippen molar-refractivity contribution in [2.75, 3.05) is 26.3 Å². The summed E-state index contributed by atoms with van der Waals surface area (Å²) in [6, 6.07) is 28.7. The van der Waals surface area contributed by atoms with Gasteiger partial charge in [-0.2, -0.15) is 0 Å². The minimum atomic E-state index is -0.0318. The number of morpholine rings is 1. The van der Waals surface area contributed by atoms with Crippen LogP contribution in [0.2, 0.25) is 0 Å². The molecular weight excluding hydrogens is 372 g/mol. The zero-order valence-electron chi connectivity index (χ0n) is 17.4. The maximum Gasteiger partial charge on any atom is 0.251 e. The van der Waals surface area contributed by atoms with Crippen LogP contribution < -0.4 is 10.2 Å². The zero-order chi connectivity index (χ0) is 20.8. The Kier molecular flexibility index (Phi) is 6.57. The number of ether oxygens (including phenoxy) is 1. The van der Waals surface area contributed by atoms with Crippen LogP contribution in [-0.2, 0) is 4.74 Å². The van der Waals surface area contributed by atoms with Gasteiger partial charge < -0.3 is 15.0 Å². The lowest BCUT2D eigenvalue weighted by Gasteiger charge is -2.35. The normalized spacial score (nSPS) is 16.6. The molecule has 4 nitrogen and oxygen atoms in total. The van der Waals surface area contributed by atoms with E-state index in [9.17, 15) is 4.79 Å². The van der Waals surface area contributed by atoms with E-state index >= 15 is 0 Å². The molecule has 1 aliphatic rings. The van der Waals surface area contributed by atoms with Gasteiger partial charge in [0, 0.05) is 11.1 Å². The number of rotatable bonds is 6. The highest BCUT2D eigenvalue weighted by Crippen LogP contribution is 2.20. The Morgan fingerprint density at radius 1 is 0.833 bits per heavy atom. The van der Waals surface area contributed by atoms with Crippen LogP contribution in [0.1, 0.15) is 28.9 Å². The second-order valence-corrected chi connectivity index (χ2v) is 7.86. The van der Waals surface area contributed by atoms with Gasteiger partial charge in [0.15, 0.2) is 0 Å². The van der Waals surface area contributed by atoms with Crippen molar-refractivity contribution < 1.29 is 14.4 Å². The molecule has 1 amide bonds. The molecule has 2 N–H and O–H groups in total. The maximum atomic E-state index is 13.0. The van der Waals surface area contributed by atoms with Gasteiger partial charge in [0.05, 0.1) is 19.3 Å². The van der Waals surface area contributed by atoms with Crippen molar-refractivity contribution in [2.24, 2.45) is 0 Å². The van der Waals surface area contributed by atoms with E-state index in [4.69, 9.17) is 4.74 Å². The van der Waals surface area contributed by atoms with Crippen LogP contribution in [0.5, 0.6) is 0 Å². The summed E-state index contributed by atoms with van der Waals surface area (Å²) < 4.78 is 5.56. The summed E-state index contributed by atoms with van der Waals surface area (Å²) in [5.74, 6) is -0.0318. The van der Waals surface area contributed by atoms with E-state index < -0.39 is 0 Å². The largest absolute Gasteiger partial charge is 0.370 e. The molecule has 154 valence electrons. The number of amides is 1. The third-order valence-electron chi connectivity index (χ3n) is 5.85. The van der Waals surface area contributed by atoms with E-state index in [2.05, 4.69) is 48.6 Å². The summed E-state index contributed by atoms with van der Waals surface area (Å²) >= 11 is 0. The van der Waals surface area contributed by atoms with Gasteiger partial charge in [-0.15, -0.1) is 0 Å². The summed E-state index contributed by atoms with van der Waals surface area (Å²) in [5.41, 5.74) is 4.20. The molecule has 0 radical (unpaired) electrons. The Morgan fingerprint density at radius 2 is 1.40 bits per heavy atom. The smallest absolute Gasteiger partial charge is 0.251 e. The molecule has 1 saturated heterocycles. The first-order valence-corrected chi connectivity index (χ1v) is 10.7. The summed E-state index contributed by atoms with van der Waals surface area (Å²) in [6.07, 6.45) is 0. The lowest BCUT2D eigenvalue weighted by Crippen LogP contribution is -3.15. The standard InChI is InChI=1S/C26H28N2O2/c1-20(25(23-10-6-3-7-11-23)28-16-18-30-19-17-28)27-26(29)24-14-12-22(13-15-24)21-8-4-2-5-9-21/h2-15,20,25H,16-19H2,1H3,(H,27,29)/p+1/t20-,25+/m0/s1. The van der Waals surface area contributed by atoms with Crippen LogP contribution in [0.15, 0.2) is 84.9 Å². The second-order valence-electron chi connectivity index (χ2n) is 7.86.